The van der Waals surface area contributed by atoms with Gasteiger partial charge in [-0.05, 0) is 32.9 Å². The highest BCUT2D eigenvalue weighted by Gasteiger charge is 2.43. The van der Waals surface area contributed by atoms with Crippen molar-refractivity contribution >= 4 is 0 Å². The molecule has 0 amide bonds. The van der Waals surface area contributed by atoms with Gasteiger partial charge >= 0.3 is 0 Å². The molecule has 1 atom stereocenters. The van der Waals surface area contributed by atoms with Gasteiger partial charge in [-0.1, -0.05) is 0 Å². The molecule has 1 aliphatic heterocycles. The maximum Gasteiger partial charge on any atom is 0.282 e. The number of halogens is 2. The van der Waals surface area contributed by atoms with E-state index in [-0.39, 0.29) is 6.54 Å². The van der Waals surface area contributed by atoms with Crippen LogP contribution in [0.15, 0.2) is 6.07 Å². The second-order valence-corrected chi connectivity index (χ2v) is 4.11. The summed E-state index contributed by atoms with van der Waals surface area (Å²) in [5.41, 5.74) is 1.60. The van der Waals surface area contributed by atoms with Crippen LogP contribution in [0.2, 0.25) is 0 Å². The van der Waals surface area contributed by atoms with Crippen LogP contribution in [0.4, 0.5) is 8.78 Å². The first-order valence-electron chi connectivity index (χ1n) is 5.12. The van der Waals surface area contributed by atoms with Crippen LogP contribution in [0.5, 0.6) is 0 Å². The summed E-state index contributed by atoms with van der Waals surface area (Å²) < 4.78 is 28.7. The molecule has 1 aromatic rings. The van der Waals surface area contributed by atoms with E-state index in [2.05, 4.69) is 10.4 Å². The summed E-state index contributed by atoms with van der Waals surface area (Å²) in [5, 5.41) is 6.85. The van der Waals surface area contributed by atoms with Gasteiger partial charge in [0.25, 0.3) is 5.92 Å². The van der Waals surface area contributed by atoms with E-state index < -0.39 is 12.0 Å². The number of piperidine rings is 1. The topological polar surface area (TPSA) is 29.9 Å². The summed E-state index contributed by atoms with van der Waals surface area (Å²) in [6.07, 6.45) is 0.426. The molecule has 0 radical (unpaired) electrons. The molecule has 1 aromatic heterocycles. The Morgan fingerprint density at radius 2 is 2.27 bits per heavy atom. The van der Waals surface area contributed by atoms with E-state index in [9.17, 15) is 8.78 Å². The molecule has 15 heavy (non-hydrogen) atoms. The van der Waals surface area contributed by atoms with Gasteiger partial charge in [-0.15, -0.1) is 0 Å². The van der Waals surface area contributed by atoms with Crippen LogP contribution in [0.3, 0.4) is 0 Å². The number of rotatable bonds is 1. The summed E-state index contributed by atoms with van der Waals surface area (Å²) in [5.74, 6) is -2.71. The second kappa shape index (κ2) is 3.56. The average Bonchev–Trinajstić information content (AvgIpc) is 2.44. The quantitative estimate of drug-likeness (QED) is 0.772. The monoisotopic (exact) mass is 215 g/mol. The van der Waals surface area contributed by atoms with E-state index in [0.29, 0.717) is 13.0 Å². The molecule has 0 spiro atoms. The first kappa shape index (κ1) is 10.5. The van der Waals surface area contributed by atoms with Gasteiger partial charge in [0.1, 0.15) is 6.04 Å². The molecule has 0 aromatic carbocycles. The third-order valence-corrected chi connectivity index (χ3v) is 2.78. The molecule has 2 rings (SSSR count). The summed E-state index contributed by atoms with van der Waals surface area (Å²) in [6, 6.07) is 1.03. The van der Waals surface area contributed by atoms with Crippen molar-refractivity contribution in [2.24, 2.45) is 0 Å². The van der Waals surface area contributed by atoms with Crippen LogP contribution in [-0.2, 0) is 0 Å². The Hall–Kier alpha value is -0.970. The first-order chi connectivity index (χ1) is 7.00. The van der Waals surface area contributed by atoms with E-state index in [4.69, 9.17) is 0 Å². The second-order valence-electron chi connectivity index (χ2n) is 4.11. The zero-order chi connectivity index (χ0) is 11.1. The van der Waals surface area contributed by atoms with Crippen molar-refractivity contribution in [2.45, 2.75) is 32.2 Å². The molecule has 1 aliphatic rings. The number of alkyl halides is 2. The summed E-state index contributed by atoms with van der Waals surface area (Å²) >= 11 is 0. The Morgan fingerprint density at radius 3 is 2.80 bits per heavy atom. The van der Waals surface area contributed by atoms with E-state index in [1.807, 2.05) is 19.9 Å². The first-order valence-corrected chi connectivity index (χ1v) is 5.12. The Morgan fingerprint density at radius 1 is 1.53 bits per heavy atom. The molecule has 1 unspecified atom stereocenters. The van der Waals surface area contributed by atoms with Gasteiger partial charge < -0.3 is 5.32 Å². The van der Waals surface area contributed by atoms with Crippen LogP contribution in [0, 0.1) is 13.8 Å². The minimum atomic E-state index is -2.71. The van der Waals surface area contributed by atoms with Gasteiger partial charge in [0.2, 0.25) is 0 Å². The highest BCUT2D eigenvalue weighted by molar-refractivity contribution is 5.09. The molecule has 1 saturated heterocycles. The standard InChI is InChI=1S/C10H15F2N3/c1-7-5-8(2)15(14-7)9-3-4-13-6-10(9,11)12/h5,9,13H,3-4,6H2,1-2H3. The van der Waals surface area contributed by atoms with E-state index in [1.165, 1.54) is 4.68 Å². The van der Waals surface area contributed by atoms with Crippen molar-refractivity contribution in [3.63, 3.8) is 0 Å². The molecule has 3 nitrogen and oxygen atoms in total. The Kier molecular flexibility index (Phi) is 2.50. The van der Waals surface area contributed by atoms with Gasteiger partial charge in [-0.2, -0.15) is 5.10 Å². The molecular formula is C10H15F2N3. The molecular weight excluding hydrogens is 200 g/mol. The molecule has 5 heteroatoms. The van der Waals surface area contributed by atoms with Gasteiger partial charge in [0, 0.05) is 5.69 Å². The van der Waals surface area contributed by atoms with Gasteiger partial charge in [-0.3, -0.25) is 4.68 Å². The molecule has 2 heterocycles. The third-order valence-electron chi connectivity index (χ3n) is 2.78. The average molecular weight is 215 g/mol. The SMILES string of the molecule is Cc1cc(C)n(C2CCNCC2(F)F)n1. The van der Waals surface area contributed by atoms with E-state index >= 15 is 0 Å². The lowest BCUT2D eigenvalue weighted by atomic mass is 10.0. The molecule has 0 bridgehead atoms. The lowest BCUT2D eigenvalue weighted by molar-refractivity contribution is -0.0704. The number of hydrogen-bond acceptors (Lipinski definition) is 2. The number of nitrogens with one attached hydrogen (secondary N) is 1. The van der Waals surface area contributed by atoms with Crippen molar-refractivity contribution in [3.05, 3.63) is 17.5 Å². The fourth-order valence-electron chi connectivity index (χ4n) is 2.09. The number of hydrogen-bond donors (Lipinski definition) is 1. The smallest absolute Gasteiger partial charge is 0.282 e. The Balaban J connectivity index is 2.32. The van der Waals surface area contributed by atoms with Crippen LogP contribution in [0.25, 0.3) is 0 Å². The highest BCUT2D eigenvalue weighted by atomic mass is 19.3. The zero-order valence-corrected chi connectivity index (χ0v) is 8.93. The van der Waals surface area contributed by atoms with Gasteiger partial charge in [0.05, 0.1) is 12.2 Å². The van der Waals surface area contributed by atoms with E-state index in [0.717, 1.165) is 11.4 Å². The number of aryl methyl sites for hydroxylation is 2. The molecule has 1 fully saturated rings. The lowest BCUT2D eigenvalue weighted by Gasteiger charge is -2.32. The van der Waals surface area contributed by atoms with Crippen molar-refractivity contribution in [3.8, 4) is 0 Å². The molecule has 0 saturated carbocycles. The fourth-order valence-corrected chi connectivity index (χ4v) is 2.09. The summed E-state index contributed by atoms with van der Waals surface area (Å²) in [6.45, 7) is 4.01. The van der Waals surface area contributed by atoms with Crippen LogP contribution in [-0.4, -0.2) is 28.8 Å². The predicted molar refractivity (Wildman–Crippen MR) is 53.2 cm³/mol. The highest BCUT2D eigenvalue weighted by Crippen LogP contribution is 2.34. The van der Waals surface area contributed by atoms with Crippen LogP contribution in [0.1, 0.15) is 23.9 Å². The van der Waals surface area contributed by atoms with Crippen molar-refractivity contribution < 1.29 is 8.78 Å². The molecule has 84 valence electrons. The minimum absolute atomic E-state index is 0.254. The summed E-state index contributed by atoms with van der Waals surface area (Å²) in [7, 11) is 0. The minimum Gasteiger partial charge on any atom is -0.311 e. The Bertz CT molecular complexity index is 360. The maximum atomic E-state index is 13.6. The number of nitrogens with zero attached hydrogens (tertiary/aromatic N) is 2. The van der Waals surface area contributed by atoms with Crippen molar-refractivity contribution in [2.75, 3.05) is 13.1 Å². The van der Waals surface area contributed by atoms with Crippen LogP contribution >= 0.6 is 0 Å². The normalized spacial score (nSPS) is 25.5. The number of aromatic nitrogens is 2. The summed E-state index contributed by atoms with van der Waals surface area (Å²) in [4.78, 5) is 0. The predicted octanol–water partition coefficient (Wildman–Crippen LogP) is 1.67. The Labute approximate surface area is 87.5 Å². The lowest BCUT2D eigenvalue weighted by Crippen LogP contribution is -2.47. The third kappa shape index (κ3) is 1.88. The van der Waals surface area contributed by atoms with E-state index in [1.54, 1.807) is 0 Å². The largest absolute Gasteiger partial charge is 0.311 e. The van der Waals surface area contributed by atoms with Crippen molar-refractivity contribution in [1.29, 1.82) is 0 Å². The molecule has 1 N–H and O–H groups in total. The molecule has 0 aliphatic carbocycles. The van der Waals surface area contributed by atoms with Gasteiger partial charge in [-0.25, -0.2) is 8.78 Å². The van der Waals surface area contributed by atoms with Gasteiger partial charge in [0.15, 0.2) is 0 Å². The van der Waals surface area contributed by atoms with Crippen molar-refractivity contribution in [1.82, 2.24) is 15.1 Å². The maximum absolute atomic E-state index is 13.6. The fraction of sp³-hybridized carbons (Fsp3) is 0.700. The van der Waals surface area contributed by atoms with Crippen LogP contribution < -0.4 is 5.32 Å². The zero-order valence-electron chi connectivity index (χ0n) is 8.93.